The van der Waals surface area contributed by atoms with Crippen LogP contribution in [0.15, 0.2) is 47.4 Å². The quantitative estimate of drug-likeness (QED) is 0.545. The van der Waals surface area contributed by atoms with E-state index in [2.05, 4.69) is 42.1 Å². The molecule has 29 heavy (non-hydrogen) atoms. The van der Waals surface area contributed by atoms with Crippen molar-refractivity contribution < 1.29 is 17.9 Å². The molecule has 0 bridgehead atoms. The molecule has 1 N–H and O–H groups in total. The maximum atomic E-state index is 12.8. The van der Waals surface area contributed by atoms with Gasteiger partial charge >= 0.3 is 5.97 Å². The average molecular weight is 434 g/mol. The topological polar surface area (TPSA) is 72.5 Å². The van der Waals surface area contributed by atoms with E-state index in [-0.39, 0.29) is 22.7 Å². The van der Waals surface area contributed by atoms with E-state index < -0.39 is 10.0 Å². The molecular weight excluding hydrogens is 410 g/mol. The first-order chi connectivity index (χ1) is 13.5. The third-order valence-electron chi connectivity index (χ3n) is 4.16. The molecule has 0 aliphatic rings. The summed E-state index contributed by atoms with van der Waals surface area (Å²) in [5.74, 6) is 5.35. The van der Waals surface area contributed by atoms with Gasteiger partial charge in [-0.2, -0.15) is 0 Å². The van der Waals surface area contributed by atoms with E-state index in [4.69, 9.17) is 11.6 Å². The van der Waals surface area contributed by atoms with Crippen molar-refractivity contribution >= 4 is 33.3 Å². The second-order valence-corrected chi connectivity index (χ2v) is 9.57. The number of carbonyl (C=O) groups excluding carboxylic acids is 1. The second-order valence-electron chi connectivity index (χ2n) is 7.45. The Kier molecular flexibility index (Phi) is 7.34. The number of rotatable bonds is 5. The summed E-state index contributed by atoms with van der Waals surface area (Å²) >= 11 is 6.03. The Balaban J connectivity index is 2.26. The predicted octanol–water partition coefficient (Wildman–Crippen LogP) is 4.74. The van der Waals surface area contributed by atoms with Gasteiger partial charge in [0.15, 0.2) is 0 Å². The van der Waals surface area contributed by atoms with Crippen LogP contribution < -0.4 is 4.72 Å². The molecular formula is C22H24ClNO4S. The van der Waals surface area contributed by atoms with Crippen molar-refractivity contribution in [1.82, 2.24) is 0 Å². The Hall–Kier alpha value is -2.49. The zero-order chi connectivity index (χ0) is 21.7. The first-order valence-corrected chi connectivity index (χ1v) is 10.9. The highest BCUT2D eigenvalue weighted by molar-refractivity contribution is 7.92. The van der Waals surface area contributed by atoms with E-state index in [0.29, 0.717) is 22.7 Å². The number of hydrogen-bond acceptors (Lipinski definition) is 4. The Morgan fingerprint density at radius 2 is 1.79 bits per heavy atom. The number of nitrogens with one attached hydrogen (secondary N) is 1. The highest BCUT2D eigenvalue weighted by atomic mass is 35.5. The summed E-state index contributed by atoms with van der Waals surface area (Å²) in [6.07, 6.45) is 0.449. The maximum absolute atomic E-state index is 12.8. The Bertz CT molecular complexity index is 1040. The number of benzene rings is 2. The van der Waals surface area contributed by atoms with Crippen LogP contribution in [-0.4, -0.2) is 21.5 Å². The van der Waals surface area contributed by atoms with E-state index >= 15 is 0 Å². The zero-order valence-corrected chi connectivity index (χ0v) is 18.4. The molecule has 0 aliphatic carbocycles. The molecule has 7 heteroatoms. The zero-order valence-electron chi connectivity index (χ0n) is 16.9. The molecule has 2 aromatic carbocycles. The van der Waals surface area contributed by atoms with Crippen molar-refractivity contribution in [2.45, 2.75) is 43.9 Å². The highest BCUT2D eigenvalue weighted by Crippen LogP contribution is 2.26. The number of halogens is 1. The predicted molar refractivity (Wildman–Crippen MR) is 116 cm³/mol. The van der Waals surface area contributed by atoms with Gasteiger partial charge in [-0.15, -0.1) is 0 Å². The smallest absolute Gasteiger partial charge is 0.306 e. The summed E-state index contributed by atoms with van der Waals surface area (Å²) in [5, 5.41) is 0.430. The summed E-state index contributed by atoms with van der Waals surface area (Å²) in [5.41, 5.74) is 1.72. The summed E-state index contributed by atoms with van der Waals surface area (Å²) in [6, 6.07) is 11.5. The van der Waals surface area contributed by atoms with Crippen LogP contribution in [0.2, 0.25) is 5.02 Å². The highest BCUT2D eigenvalue weighted by Gasteiger charge is 2.18. The van der Waals surface area contributed by atoms with E-state index in [9.17, 15) is 13.2 Å². The fourth-order valence-electron chi connectivity index (χ4n) is 2.47. The van der Waals surface area contributed by atoms with Crippen LogP contribution >= 0.6 is 11.6 Å². The van der Waals surface area contributed by atoms with Crippen molar-refractivity contribution in [3.8, 4) is 11.8 Å². The van der Waals surface area contributed by atoms with Gasteiger partial charge in [0.05, 0.1) is 29.7 Å². The molecule has 0 heterocycles. The van der Waals surface area contributed by atoms with E-state index in [1.54, 1.807) is 30.3 Å². The molecule has 0 fully saturated rings. The molecule has 154 valence electrons. The van der Waals surface area contributed by atoms with Crippen molar-refractivity contribution in [3.63, 3.8) is 0 Å². The van der Waals surface area contributed by atoms with Crippen molar-refractivity contribution in [2.24, 2.45) is 0 Å². The van der Waals surface area contributed by atoms with Crippen LogP contribution in [0.4, 0.5) is 5.69 Å². The minimum Gasteiger partial charge on any atom is -0.469 e. The van der Waals surface area contributed by atoms with Crippen LogP contribution in [0.5, 0.6) is 0 Å². The molecule has 0 unspecified atom stereocenters. The number of carbonyl (C=O) groups is 1. The number of ether oxygens (including phenoxy) is 1. The van der Waals surface area contributed by atoms with Crippen molar-refractivity contribution in [3.05, 3.63) is 58.6 Å². The lowest BCUT2D eigenvalue weighted by molar-refractivity contribution is -0.140. The lowest BCUT2D eigenvalue weighted by atomic mass is 9.87. The monoisotopic (exact) mass is 433 g/mol. The average Bonchev–Trinajstić information content (AvgIpc) is 2.66. The molecule has 0 amide bonds. The van der Waals surface area contributed by atoms with E-state index in [1.165, 1.54) is 7.11 Å². The third-order valence-corrected chi connectivity index (χ3v) is 5.78. The number of hydrogen-bond donors (Lipinski definition) is 1. The van der Waals surface area contributed by atoms with Crippen molar-refractivity contribution in [2.75, 3.05) is 11.8 Å². The normalized spacial score (nSPS) is 11.3. The van der Waals surface area contributed by atoms with E-state index in [0.717, 1.165) is 5.56 Å². The molecule has 0 spiro atoms. The number of esters is 1. The number of anilines is 1. The largest absolute Gasteiger partial charge is 0.469 e. The lowest BCUT2D eigenvalue weighted by Crippen LogP contribution is -2.15. The summed E-state index contributed by atoms with van der Waals surface area (Å²) in [6.45, 7) is 6.19. The van der Waals surface area contributed by atoms with Gasteiger partial charge in [-0.3, -0.25) is 9.52 Å². The minimum absolute atomic E-state index is 0.0706. The van der Waals surface area contributed by atoms with Crippen molar-refractivity contribution in [1.29, 1.82) is 0 Å². The summed E-state index contributed by atoms with van der Waals surface area (Å²) in [7, 11) is -2.48. The summed E-state index contributed by atoms with van der Waals surface area (Å²) < 4.78 is 32.7. The number of methoxy groups -OCH3 is 1. The molecule has 0 radical (unpaired) electrons. The second kappa shape index (κ2) is 9.34. The molecule has 2 rings (SSSR count). The fourth-order valence-corrected chi connectivity index (χ4v) is 3.72. The molecule has 0 aromatic heterocycles. The third kappa shape index (κ3) is 6.52. The molecule has 2 aromatic rings. The molecule has 5 nitrogen and oxygen atoms in total. The van der Waals surface area contributed by atoms with Gasteiger partial charge in [0.25, 0.3) is 10.0 Å². The summed E-state index contributed by atoms with van der Waals surface area (Å²) in [4.78, 5) is 11.3. The minimum atomic E-state index is -3.79. The van der Waals surface area contributed by atoms with Gasteiger partial charge in [-0.1, -0.05) is 56.3 Å². The van der Waals surface area contributed by atoms with Gasteiger partial charge in [-0.25, -0.2) is 8.42 Å². The molecule has 0 saturated carbocycles. The Morgan fingerprint density at radius 1 is 1.14 bits per heavy atom. The molecule has 0 aliphatic heterocycles. The van der Waals surface area contributed by atoms with Gasteiger partial charge in [0.1, 0.15) is 0 Å². The van der Waals surface area contributed by atoms with Crippen LogP contribution in [0, 0.1) is 11.8 Å². The van der Waals surface area contributed by atoms with Crippen LogP contribution in [0.3, 0.4) is 0 Å². The SMILES string of the molecule is COC(=O)CCC#Cc1cc(Cl)ccc1NS(=O)(=O)c1ccc(C(C)(C)C)cc1. The lowest BCUT2D eigenvalue weighted by Gasteiger charge is -2.19. The van der Waals surface area contributed by atoms with Gasteiger partial charge in [0.2, 0.25) is 0 Å². The van der Waals surface area contributed by atoms with Gasteiger partial charge in [0, 0.05) is 11.4 Å². The van der Waals surface area contributed by atoms with Crippen LogP contribution in [0.25, 0.3) is 0 Å². The Morgan fingerprint density at radius 3 is 2.38 bits per heavy atom. The standard InChI is InChI=1S/C22H24ClNO4S/c1-22(2,3)17-9-12-19(13-10-17)29(26,27)24-20-14-11-18(23)15-16(20)7-5-6-8-21(25)28-4/h9-15,24H,6,8H2,1-4H3. The first kappa shape index (κ1) is 22.8. The van der Waals surface area contributed by atoms with Crippen LogP contribution in [-0.2, 0) is 25.0 Å². The van der Waals surface area contributed by atoms with Gasteiger partial charge < -0.3 is 4.74 Å². The van der Waals surface area contributed by atoms with Crippen LogP contribution in [0.1, 0.15) is 44.7 Å². The maximum Gasteiger partial charge on any atom is 0.306 e. The van der Waals surface area contributed by atoms with E-state index in [1.807, 2.05) is 12.1 Å². The molecule has 0 saturated heterocycles. The van der Waals surface area contributed by atoms with Gasteiger partial charge in [-0.05, 0) is 41.3 Å². The molecule has 0 atom stereocenters. The Labute approximate surface area is 177 Å². The fraction of sp³-hybridized carbons (Fsp3) is 0.318. The first-order valence-electron chi connectivity index (χ1n) is 9.01. The number of sulfonamides is 1.